The number of rotatable bonds is 6. The number of hydrogen-bond acceptors (Lipinski definition) is 5. The van der Waals surface area contributed by atoms with Gasteiger partial charge in [-0.3, -0.25) is 9.59 Å². The number of carbonyl (C=O) groups excluding carboxylic acids is 2. The van der Waals surface area contributed by atoms with Crippen molar-refractivity contribution in [2.45, 2.75) is 37.6 Å². The largest absolute Gasteiger partial charge is 0.486 e. The Morgan fingerprint density at radius 2 is 1.91 bits per heavy atom. The Morgan fingerprint density at radius 3 is 2.61 bits per heavy atom. The van der Waals surface area contributed by atoms with Crippen LogP contribution in [0.2, 0.25) is 10.0 Å². The standard InChI is InChI=1S/C24H24Cl2N2O5/c1-13(30)28(12-14-6-7-17(25)18(26)10-14)19-11-16(24(32)27-8-9-29)21-15-4-2-3-5-20(15)33-23(21)22(19)31/h2-7,10-11,19,21-23,29,31H,8-9,12H2,1H3,(H,27,32). The van der Waals surface area contributed by atoms with Crippen LogP contribution >= 0.6 is 23.2 Å². The van der Waals surface area contributed by atoms with Crippen LogP contribution in [0.15, 0.2) is 54.1 Å². The first-order valence-corrected chi connectivity index (χ1v) is 11.3. The summed E-state index contributed by atoms with van der Waals surface area (Å²) in [5.41, 5.74) is 1.91. The van der Waals surface area contributed by atoms with E-state index in [4.69, 9.17) is 33.0 Å². The second-order valence-corrected chi connectivity index (χ2v) is 8.89. The number of para-hydroxylation sites is 1. The average molecular weight is 491 g/mol. The van der Waals surface area contributed by atoms with E-state index in [1.54, 1.807) is 30.3 Å². The fraction of sp³-hybridized carbons (Fsp3) is 0.333. The van der Waals surface area contributed by atoms with Gasteiger partial charge in [-0.1, -0.05) is 47.5 Å². The molecule has 0 bridgehead atoms. The van der Waals surface area contributed by atoms with Crippen molar-refractivity contribution in [3.63, 3.8) is 0 Å². The van der Waals surface area contributed by atoms with E-state index in [0.717, 1.165) is 11.1 Å². The highest BCUT2D eigenvalue weighted by atomic mass is 35.5. The average Bonchev–Trinajstić information content (AvgIpc) is 3.19. The summed E-state index contributed by atoms with van der Waals surface area (Å²) in [6.45, 7) is 1.44. The van der Waals surface area contributed by atoms with Crippen molar-refractivity contribution in [3.05, 3.63) is 75.3 Å². The zero-order chi connectivity index (χ0) is 23.7. The Kier molecular flexibility index (Phi) is 6.95. The van der Waals surface area contributed by atoms with Crippen LogP contribution in [0.4, 0.5) is 0 Å². The van der Waals surface area contributed by atoms with Crippen LogP contribution in [0.3, 0.4) is 0 Å². The molecule has 1 aliphatic heterocycles. The number of nitrogens with one attached hydrogen (secondary N) is 1. The summed E-state index contributed by atoms with van der Waals surface area (Å²) >= 11 is 12.2. The second-order valence-electron chi connectivity index (χ2n) is 8.08. The molecule has 0 spiro atoms. The van der Waals surface area contributed by atoms with Crippen molar-refractivity contribution in [1.29, 1.82) is 0 Å². The molecule has 0 fully saturated rings. The Hall–Kier alpha value is -2.58. The molecule has 0 saturated carbocycles. The van der Waals surface area contributed by atoms with Crippen molar-refractivity contribution >= 4 is 35.0 Å². The van der Waals surface area contributed by atoms with E-state index in [1.807, 2.05) is 18.2 Å². The maximum atomic E-state index is 13.0. The van der Waals surface area contributed by atoms with Gasteiger partial charge in [-0.05, 0) is 29.8 Å². The number of amides is 2. The van der Waals surface area contributed by atoms with Gasteiger partial charge in [0, 0.05) is 31.1 Å². The van der Waals surface area contributed by atoms with Gasteiger partial charge in [0.1, 0.15) is 18.0 Å². The first-order valence-electron chi connectivity index (χ1n) is 10.6. The van der Waals surface area contributed by atoms with Gasteiger partial charge in [0.25, 0.3) is 0 Å². The fourth-order valence-corrected chi connectivity index (χ4v) is 4.77. The summed E-state index contributed by atoms with van der Waals surface area (Å²) in [4.78, 5) is 27.2. The van der Waals surface area contributed by atoms with Crippen LogP contribution in [0.1, 0.15) is 24.0 Å². The third kappa shape index (κ3) is 4.59. The SMILES string of the molecule is CC(=O)N(Cc1ccc(Cl)c(Cl)c1)C1C=C(C(=O)NCCO)C2c3ccccc3OC2C1O. The lowest BCUT2D eigenvalue weighted by molar-refractivity contribution is -0.135. The van der Waals surface area contributed by atoms with Gasteiger partial charge in [0.2, 0.25) is 11.8 Å². The van der Waals surface area contributed by atoms with Gasteiger partial charge in [-0.25, -0.2) is 0 Å². The number of halogens is 2. The molecule has 9 heteroatoms. The minimum Gasteiger partial charge on any atom is -0.486 e. The zero-order valence-electron chi connectivity index (χ0n) is 17.9. The Bertz CT molecular complexity index is 1110. The summed E-state index contributed by atoms with van der Waals surface area (Å²) in [6, 6.07) is 11.6. The van der Waals surface area contributed by atoms with Crippen LogP contribution < -0.4 is 10.1 Å². The number of aliphatic hydroxyl groups excluding tert-OH is 2. The minimum absolute atomic E-state index is 0.0863. The van der Waals surface area contributed by atoms with Crippen molar-refractivity contribution in [2.24, 2.45) is 0 Å². The molecule has 2 aromatic carbocycles. The molecule has 2 aliphatic rings. The predicted molar refractivity (Wildman–Crippen MR) is 124 cm³/mol. The monoisotopic (exact) mass is 490 g/mol. The van der Waals surface area contributed by atoms with Crippen LogP contribution in [-0.2, 0) is 16.1 Å². The van der Waals surface area contributed by atoms with Crippen molar-refractivity contribution in [1.82, 2.24) is 10.2 Å². The Labute approximate surface area is 201 Å². The zero-order valence-corrected chi connectivity index (χ0v) is 19.4. The number of ether oxygens (including phenoxy) is 1. The normalized spacial score (nSPS) is 23.1. The van der Waals surface area contributed by atoms with E-state index in [0.29, 0.717) is 21.4 Å². The Balaban J connectivity index is 1.73. The van der Waals surface area contributed by atoms with Crippen molar-refractivity contribution < 1.29 is 24.5 Å². The van der Waals surface area contributed by atoms with Crippen molar-refractivity contribution in [3.8, 4) is 5.75 Å². The molecule has 4 atom stereocenters. The molecule has 2 amide bonds. The molecular formula is C24H24Cl2N2O5. The Morgan fingerprint density at radius 1 is 1.15 bits per heavy atom. The van der Waals surface area contributed by atoms with Gasteiger partial charge >= 0.3 is 0 Å². The third-order valence-electron chi connectivity index (χ3n) is 5.98. The number of fused-ring (bicyclic) bond motifs is 3. The molecule has 2 aromatic rings. The highest BCUT2D eigenvalue weighted by Crippen LogP contribution is 2.47. The topological polar surface area (TPSA) is 99.1 Å². The van der Waals surface area contributed by atoms with E-state index >= 15 is 0 Å². The minimum atomic E-state index is -1.08. The number of hydrogen-bond donors (Lipinski definition) is 3. The van der Waals surface area contributed by atoms with E-state index in [2.05, 4.69) is 5.32 Å². The van der Waals surface area contributed by atoms with Gasteiger partial charge < -0.3 is 25.2 Å². The molecule has 4 unspecified atom stereocenters. The molecule has 0 saturated heterocycles. The number of aliphatic hydroxyl groups is 2. The van der Waals surface area contributed by atoms with Crippen LogP contribution in [0.25, 0.3) is 0 Å². The molecule has 0 radical (unpaired) electrons. The second kappa shape index (κ2) is 9.73. The van der Waals surface area contributed by atoms with E-state index in [-0.39, 0.29) is 31.5 Å². The molecule has 33 heavy (non-hydrogen) atoms. The number of carbonyl (C=O) groups is 2. The number of nitrogens with zero attached hydrogens (tertiary/aromatic N) is 1. The molecular weight excluding hydrogens is 467 g/mol. The predicted octanol–water partition coefficient (Wildman–Crippen LogP) is 2.66. The molecule has 1 heterocycles. The van der Waals surface area contributed by atoms with Crippen LogP contribution in [0.5, 0.6) is 5.75 Å². The summed E-state index contributed by atoms with van der Waals surface area (Å²) < 4.78 is 6.06. The summed E-state index contributed by atoms with van der Waals surface area (Å²) in [7, 11) is 0. The molecule has 0 aromatic heterocycles. The lowest BCUT2D eigenvalue weighted by Gasteiger charge is -2.40. The molecule has 7 nitrogen and oxygen atoms in total. The van der Waals surface area contributed by atoms with E-state index < -0.39 is 24.2 Å². The lowest BCUT2D eigenvalue weighted by atomic mass is 9.77. The van der Waals surface area contributed by atoms with E-state index in [1.165, 1.54) is 11.8 Å². The maximum Gasteiger partial charge on any atom is 0.247 e. The first kappa shape index (κ1) is 23.6. The van der Waals surface area contributed by atoms with Gasteiger partial charge in [-0.2, -0.15) is 0 Å². The molecule has 1 aliphatic carbocycles. The van der Waals surface area contributed by atoms with E-state index in [9.17, 15) is 14.7 Å². The molecule has 3 N–H and O–H groups in total. The highest BCUT2D eigenvalue weighted by Gasteiger charge is 2.50. The first-order chi connectivity index (χ1) is 15.8. The molecule has 4 rings (SSSR count). The molecule has 174 valence electrons. The number of benzene rings is 2. The van der Waals surface area contributed by atoms with Gasteiger partial charge in [0.05, 0.1) is 28.6 Å². The van der Waals surface area contributed by atoms with Gasteiger partial charge in [-0.15, -0.1) is 0 Å². The maximum absolute atomic E-state index is 13.0. The summed E-state index contributed by atoms with van der Waals surface area (Å²) in [5, 5.41) is 23.9. The van der Waals surface area contributed by atoms with Crippen molar-refractivity contribution in [2.75, 3.05) is 13.2 Å². The third-order valence-corrected chi connectivity index (χ3v) is 6.72. The summed E-state index contributed by atoms with van der Waals surface area (Å²) in [5.74, 6) is -0.573. The smallest absolute Gasteiger partial charge is 0.247 e. The lowest BCUT2D eigenvalue weighted by Crippen LogP contribution is -2.55. The quantitative estimate of drug-likeness (QED) is 0.577. The summed E-state index contributed by atoms with van der Waals surface area (Å²) in [6.07, 6.45) is -0.200. The van der Waals surface area contributed by atoms with Gasteiger partial charge in [0.15, 0.2) is 0 Å². The highest BCUT2D eigenvalue weighted by molar-refractivity contribution is 6.42. The van der Waals surface area contributed by atoms with Crippen LogP contribution in [-0.4, -0.2) is 58.3 Å². The van der Waals surface area contributed by atoms with Crippen LogP contribution in [0, 0.1) is 0 Å². The fourth-order valence-electron chi connectivity index (χ4n) is 4.45.